The van der Waals surface area contributed by atoms with Crippen molar-refractivity contribution < 1.29 is 12.8 Å². The summed E-state index contributed by atoms with van der Waals surface area (Å²) in [6.45, 7) is 0. The predicted molar refractivity (Wildman–Crippen MR) is 68.6 cm³/mol. The van der Waals surface area contributed by atoms with Crippen molar-refractivity contribution in [2.24, 2.45) is 5.10 Å². The van der Waals surface area contributed by atoms with Crippen LogP contribution in [0, 0.1) is 5.82 Å². The molecule has 0 fully saturated rings. The van der Waals surface area contributed by atoms with Crippen LogP contribution in [0.15, 0.2) is 51.1 Å². The maximum Gasteiger partial charge on any atom is 0.286 e. The molecule has 4 nitrogen and oxygen atoms in total. The Kier molecular flexibility index (Phi) is 3.73. The molecule has 0 spiro atoms. The van der Waals surface area contributed by atoms with Gasteiger partial charge in [0.1, 0.15) is 10.0 Å². The first kappa shape index (κ1) is 12.7. The van der Waals surface area contributed by atoms with E-state index in [0.29, 0.717) is 0 Å². The van der Waals surface area contributed by atoms with Gasteiger partial charge in [-0.05, 0) is 17.5 Å². The third-order valence-electron chi connectivity index (χ3n) is 2.04. The number of nitrogens with one attached hydrogen (secondary N) is 1. The zero-order valence-corrected chi connectivity index (χ0v) is 10.7. The molecule has 2 rings (SSSR count). The Bertz CT molecular complexity index is 651. The van der Waals surface area contributed by atoms with Gasteiger partial charge in [-0.1, -0.05) is 24.3 Å². The zero-order chi connectivity index (χ0) is 13.0. The van der Waals surface area contributed by atoms with Crippen LogP contribution in [-0.4, -0.2) is 14.6 Å². The fourth-order valence-corrected chi connectivity index (χ4v) is 2.98. The van der Waals surface area contributed by atoms with E-state index in [4.69, 9.17) is 0 Å². The Morgan fingerprint density at radius 2 is 2.00 bits per heavy atom. The highest BCUT2D eigenvalue weighted by atomic mass is 32.2. The number of halogens is 1. The van der Waals surface area contributed by atoms with Crippen LogP contribution in [0.3, 0.4) is 0 Å². The van der Waals surface area contributed by atoms with Crippen LogP contribution in [0.5, 0.6) is 0 Å². The SMILES string of the molecule is O=S(=O)(N/N=C/c1ccccc1F)c1cccs1. The van der Waals surface area contributed by atoms with Crippen LogP contribution in [-0.2, 0) is 10.0 Å². The second-order valence-electron chi connectivity index (χ2n) is 3.31. The van der Waals surface area contributed by atoms with Crippen LogP contribution in [0.2, 0.25) is 0 Å². The molecule has 0 amide bonds. The Labute approximate surface area is 108 Å². The van der Waals surface area contributed by atoms with Gasteiger partial charge < -0.3 is 0 Å². The van der Waals surface area contributed by atoms with Crippen molar-refractivity contribution in [1.82, 2.24) is 4.83 Å². The van der Waals surface area contributed by atoms with Crippen molar-refractivity contribution >= 4 is 27.6 Å². The quantitative estimate of drug-likeness (QED) is 0.691. The van der Waals surface area contributed by atoms with Gasteiger partial charge in [-0.3, -0.25) is 0 Å². The Morgan fingerprint density at radius 1 is 1.22 bits per heavy atom. The monoisotopic (exact) mass is 284 g/mol. The number of rotatable bonds is 4. The third-order valence-corrected chi connectivity index (χ3v) is 4.66. The van der Waals surface area contributed by atoms with E-state index < -0.39 is 15.8 Å². The minimum atomic E-state index is -3.65. The molecule has 18 heavy (non-hydrogen) atoms. The Morgan fingerprint density at radius 3 is 2.67 bits per heavy atom. The molecule has 0 bridgehead atoms. The maximum atomic E-state index is 13.2. The number of hydrogen-bond acceptors (Lipinski definition) is 4. The lowest BCUT2D eigenvalue weighted by Crippen LogP contribution is -2.17. The molecule has 0 aliphatic carbocycles. The van der Waals surface area contributed by atoms with Crippen molar-refractivity contribution in [1.29, 1.82) is 0 Å². The molecule has 0 unspecified atom stereocenters. The fraction of sp³-hybridized carbons (Fsp3) is 0. The first-order valence-electron chi connectivity index (χ1n) is 4.92. The Balaban J connectivity index is 2.11. The molecule has 2 aromatic rings. The largest absolute Gasteiger partial charge is 0.286 e. The molecule has 1 aromatic carbocycles. The van der Waals surface area contributed by atoms with Gasteiger partial charge in [0.15, 0.2) is 0 Å². The summed E-state index contributed by atoms with van der Waals surface area (Å²) < 4.78 is 36.7. The molecule has 1 N–H and O–H groups in total. The van der Waals surface area contributed by atoms with Gasteiger partial charge in [0, 0.05) is 5.56 Å². The summed E-state index contributed by atoms with van der Waals surface area (Å²) in [5.41, 5.74) is 0.214. The summed E-state index contributed by atoms with van der Waals surface area (Å²) in [4.78, 5) is 2.02. The van der Waals surface area contributed by atoms with Crippen molar-refractivity contribution in [2.45, 2.75) is 4.21 Å². The van der Waals surface area contributed by atoms with Crippen molar-refractivity contribution in [3.63, 3.8) is 0 Å². The van der Waals surface area contributed by atoms with E-state index in [1.54, 1.807) is 23.6 Å². The molecular weight excluding hydrogens is 275 g/mol. The number of sulfonamides is 1. The van der Waals surface area contributed by atoms with E-state index in [0.717, 1.165) is 17.6 Å². The minimum absolute atomic E-state index is 0.160. The second kappa shape index (κ2) is 5.28. The first-order chi connectivity index (χ1) is 8.59. The first-order valence-corrected chi connectivity index (χ1v) is 7.29. The van der Waals surface area contributed by atoms with E-state index in [1.165, 1.54) is 18.2 Å². The smallest absolute Gasteiger partial charge is 0.206 e. The number of thiophene rings is 1. The van der Waals surface area contributed by atoms with Crippen LogP contribution < -0.4 is 4.83 Å². The van der Waals surface area contributed by atoms with E-state index in [1.807, 2.05) is 4.83 Å². The van der Waals surface area contributed by atoms with E-state index in [-0.39, 0.29) is 9.77 Å². The molecule has 0 aliphatic heterocycles. The van der Waals surface area contributed by atoms with Gasteiger partial charge in [0.2, 0.25) is 0 Å². The average molecular weight is 284 g/mol. The average Bonchev–Trinajstić information content (AvgIpc) is 2.86. The highest BCUT2D eigenvalue weighted by molar-refractivity contribution is 7.91. The summed E-state index contributed by atoms with van der Waals surface area (Å²) in [5, 5.41) is 5.18. The summed E-state index contributed by atoms with van der Waals surface area (Å²) in [7, 11) is -3.65. The normalized spacial score (nSPS) is 11.8. The van der Waals surface area contributed by atoms with Gasteiger partial charge in [-0.15, -0.1) is 11.3 Å². The number of nitrogens with zero attached hydrogens (tertiary/aromatic N) is 1. The summed E-state index contributed by atoms with van der Waals surface area (Å²) in [6.07, 6.45) is 1.13. The van der Waals surface area contributed by atoms with Crippen molar-refractivity contribution in [3.8, 4) is 0 Å². The predicted octanol–water partition coefficient (Wildman–Crippen LogP) is 2.20. The van der Waals surface area contributed by atoms with Gasteiger partial charge in [0.05, 0.1) is 6.21 Å². The van der Waals surface area contributed by atoms with Gasteiger partial charge in [0.25, 0.3) is 10.0 Å². The highest BCUT2D eigenvalue weighted by Gasteiger charge is 2.13. The number of hydrogen-bond donors (Lipinski definition) is 1. The van der Waals surface area contributed by atoms with Crippen LogP contribution in [0.4, 0.5) is 4.39 Å². The summed E-state index contributed by atoms with van der Waals surface area (Å²) >= 11 is 1.08. The van der Waals surface area contributed by atoms with Gasteiger partial charge in [-0.2, -0.15) is 18.4 Å². The van der Waals surface area contributed by atoms with Crippen molar-refractivity contribution in [3.05, 3.63) is 53.2 Å². The maximum absolute atomic E-state index is 13.2. The standard InChI is InChI=1S/C11H9FN2O2S2/c12-10-5-2-1-4-9(10)8-13-14-18(15,16)11-6-3-7-17-11/h1-8,14H/b13-8+. The van der Waals surface area contributed by atoms with Gasteiger partial charge >= 0.3 is 0 Å². The van der Waals surface area contributed by atoms with E-state index >= 15 is 0 Å². The number of benzene rings is 1. The third kappa shape index (κ3) is 2.93. The van der Waals surface area contributed by atoms with Crippen LogP contribution in [0.25, 0.3) is 0 Å². The Hall–Kier alpha value is -1.73. The molecule has 7 heteroatoms. The summed E-state index contributed by atoms with van der Waals surface area (Å²) in [5.74, 6) is -0.462. The van der Waals surface area contributed by atoms with E-state index in [9.17, 15) is 12.8 Å². The molecule has 0 radical (unpaired) electrons. The molecule has 0 atom stereocenters. The molecule has 0 saturated heterocycles. The number of hydrazone groups is 1. The van der Waals surface area contributed by atoms with Crippen molar-refractivity contribution in [2.75, 3.05) is 0 Å². The fourth-order valence-electron chi connectivity index (χ4n) is 1.21. The lowest BCUT2D eigenvalue weighted by atomic mass is 10.2. The molecule has 94 valence electrons. The lowest BCUT2D eigenvalue weighted by molar-refractivity contribution is 0.586. The lowest BCUT2D eigenvalue weighted by Gasteiger charge is -1.99. The molecular formula is C11H9FN2O2S2. The highest BCUT2D eigenvalue weighted by Crippen LogP contribution is 2.15. The second-order valence-corrected chi connectivity index (χ2v) is 6.14. The van der Waals surface area contributed by atoms with Crippen LogP contribution >= 0.6 is 11.3 Å². The van der Waals surface area contributed by atoms with Crippen LogP contribution in [0.1, 0.15) is 5.56 Å². The molecule has 1 heterocycles. The molecule has 0 saturated carbocycles. The van der Waals surface area contributed by atoms with Gasteiger partial charge in [-0.25, -0.2) is 4.39 Å². The zero-order valence-electron chi connectivity index (χ0n) is 9.08. The topological polar surface area (TPSA) is 58.5 Å². The molecule has 0 aliphatic rings. The molecule has 1 aromatic heterocycles. The minimum Gasteiger partial charge on any atom is -0.206 e. The van der Waals surface area contributed by atoms with E-state index in [2.05, 4.69) is 5.10 Å². The summed E-state index contributed by atoms with van der Waals surface area (Å²) in [6, 6.07) is 9.04.